The van der Waals surface area contributed by atoms with Crippen LogP contribution >= 0.6 is 0 Å². The molecule has 0 unspecified atom stereocenters. The largest absolute Gasteiger partial charge is 0.497 e. The number of aromatic nitrogens is 2. The summed E-state index contributed by atoms with van der Waals surface area (Å²) in [5.74, 6) is 1.41. The van der Waals surface area contributed by atoms with Crippen molar-refractivity contribution in [3.63, 3.8) is 0 Å². The minimum absolute atomic E-state index is 0.348. The van der Waals surface area contributed by atoms with Crippen LogP contribution in [-0.4, -0.2) is 24.1 Å². The van der Waals surface area contributed by atoms with Crippen molar-refractivity contribution in [3.05, 3.63) is 78.9 Å². The number of fused-ring (bicyclic) bond motifs is 1. The minimum atomic E-state index is -0.348. The Morgan fingerprint density at radius 1 is 1.13 bits per heavy atom. The van der Waals surface area contributed by atoms with Gasteiger partial charge in [0.1, 0.15) is 17.4 Å². The fraction of sp³-hybridized carbons (Fsp3) is 0.231. The molecule has 1 N–H and O–H groups in total. The normalized spacial score (nSPS) is 11.2. The van der Waals surface area contributed by atoms with Crippen molar-refractivity contribution in [2.75, 3.05) is 19.5 Å². The summed E-state index contributed by atoms with van der Waals surface area (Å²) in [6.45, 7) is 10.0. The van der Waals surface area contributed by atoms with Crippen LogP contribution in [-0.2, 0) is 0 Å². The monoisotopic (exact) mass is 419 g/mol. The van der Waals surface area contributed by atoms with Gasteiger partial charge in [0, 0.05) is 24.1 Å². The molecule has 1 heterocycles. The third-order valence-corrected chi connectivity index (χ3v) is 4.32. The summed E-state index contributed by atoms with van der Waals surface area (Å²) >= 11 is 0. The Labute approximate surface area is 184 Å². The molecule has 1 aromatic heterocycles. The second kappa shape index (κ2) is 11.6. The summed E-state index contributed by atoms with van der Waals surface area (Å²) < 4.78 is 19.1. The van der Waals surface area contributed by atoms with Crippen molar-refractivity contribution in [3.8, 4) is 16.9 Å². The molecule has 2 aromatic carbocycles. The van der Waals surface area contributed by atoms with Gasteiger partial charge in [0.2, 0.25) is 0 Å². The predicted molar refractivity (Wildman–Crippen MR) is 130 cm³/mol. The molecule has 0 saturated heterocycles. The fourth-order valence-corrected chi connectivity index (χ4v) is 2.91. The van der Waals surface area contributed by atoms with Crippen LogP contribution in [0.5, 0.6) is 5.75 Å². The van der Waals surface area contributed by atoms with Crippen LogP contribution in [0.15, 0.2) is 67.3 Å². The second-order valence-electron chi connectivity index (χ2n) is 6.82. The molecule has 0 aliphatic heterocycles. The first-order chi connectivity index (χ1) is 15.0. The van der Waals surface area contributed by atoms with Gasteiger partial charge in [-0.15, -0.1) is 0 Å². The maximum atomic E-state index is 13.9. The van der Waals surface area contributed by atoms with Crippen molar-refractivity contribution in [1.82, 2.24) is 9.97 Å². The summed E-state index contributed by atoms with van der Waals surface area (Å²) in [7, 11) is 3.33. The molecule has 0 saturated carbocycles. The van der Waals surface area contributed by atoms with Crippen LogP contribution in [0.3, 0.4) is 0 Å². The average Bonchev–Trinajstić information content (AvgIpc) is 2.78. The lowest BCUT2D eigenvalue weighted by Crippen LogP contribution is -2.01. The molecular formula is C26H30FN3O. The average molecular weight is 420 g/mol. The van der Waals surface area contributed by atoms with E-state index in [9.17, 15) is 4.39 Å². The summed E-state index contributed by atoms with van der Waals surface area (Å²) in [6, 6.07) is 10.4. The van der Waals surface area contributed by atoms with Gasteiger partial charge in [-0.25, -0.2) is 14.4 Å². The predicted octanol–water partition coefficient (Wildman–Crippen LogP) is 7.05. The molecule has 0 radical (unpaired) electrons. The summed E-state index contributed by atoms with van der Waals surface area (Å²) in [4.78, 5) is 9.31. The Kier molecular flexibility index (Phi) is 8.94. The van der Waals surface area contributed by atoms with Gasteiger partial charge in [0.15, 0.2) is 5.82 Å². The number of halogens is 1. The Morgan fingerprint density at radius 2 is 1.87 bits per heavy atom. The van der Waals surface area contributed by atoms with Crippen molar-refractivity contribution >= 4 is 22.3 Å². The first-order valence-electron chi connectivity index (χ1n) is 10.3. The number of nitrogens with zero attached hydrogens (tertiary/aromatic N) is 2. The van der Waals surface area contributed by atoms with E-state index in [4.69, 9.17) is 4.74 Å². The van der Waals surface area contributed by atoms with Crippen LogP contribution in [0.4, 0.5) is 10.2 Å². The van der Waals surface area contributed by atoms with Crippen LogP contribution in [0.2, 0.25) is 0 Å². The lowest BCUT2D eigenvalue weighted by molar-refractivity contribution is 0.411. The fourth-order valence-electron chi connectivity index (χ4n) is 2.91. The van der Waals surface area contributed by atoms with E-state index in [2.05, 4.69) is 35.7 Å². The van der Waals surface area contributed by atoms with E-state index in [0.717, 1.165) is 27.6 Å². The first kappa shape index (κ1) is 23.8. The van der Waals surface area contributed by atoms with E-state index in [-0.39, 0.29) is 5.82 Å². The van der Waals surface area contributed by atoms with Crippen LogP contribution in [0.25, 0.3) is 27.6 Å². The van der Waals surface area contributed by atoms with Crippen molar-refractivity contribution < 1.29 is 9.13 Å². The van der Waals surface area contributed by atoms with Crippen LogP contribution in [0, 0.1) is 5.82 Å². The van der Waals surface area contributed by atoms with Crippen LogP contribution < -0.4 is 10.1 Å². The Balaban J connectivity index is 0.00000107. The molecule has 5 heteroatoms. The van der Waals surface area contributed by atoms with E-state index in [1.165, 1.54) is 25.7 Å². The molecule has 0 aliphatic carbocycles. The molecule has 0 spiro atoms. The van der Waals surface area contributed by atoms with Gasteiger partial charge in [-0.2, -0.15) is 0 Å². The quantitative estimate of drug-likeness (QED) is 0.435. The number of ether oxygens (including phenoxy) is 1. The third kappa shape index (κ3) is 6.01. The number of benzene rings is 2. The number of hydrogen-bond donors (Lipinski definition) is 1. The minimum Gasteiger partial charge on any atom is -0.497 e. The van der Waals surface area contributed by atoms with E-state index in [1.807, 2.05) is 50.4 Å². The maximum Gasteiger partial charge on any atom is 0.162 e. The zero-order chi connectivity index (χ0) is 22.8. The highest BCUT2D eigenvalue weighted by Gasteiger charge is 2.11. The number of hydrogen-bond acceptors (Lipinski definition) is 4. The van der Waals surface area contributed by atoms with Gasteiger partial charge in [-0.3, -0.25) is 0 Å². The number of allylic oxidation sites excluding steroid dienone is 5. The molecule has 162 valence electrons. The number of anilines is 1. The van der Waals surface area contributed by atoms with Gasteiger partial charge in [-0.05, 0) is 42.3 Å². The Morgan fingerprint density at radius 3 is 2.48 bits per heavy atom. The highest BCUT2D eigenvalue weighted by atomic mass is 19.1. The molecule has 4 nitrogen and oxygen atoms in total. The zero-order valence-electron chi connectivity index (χ0n) is 18.9. The molecule has 0 atom stereocenters. The highest BCUT2D eigenvalue weighted by molar-refractivity contribution is 5.94. The first-order valence-corrected chi connectivity index (χ1v) is 10.3. The Hall–Kier alpha value is -3.47. The molecule has 0 fully saturated rings. The third-order valence-electron chi connectivity index (χ3n) is 4.32. The lowest BCUT2D eigenvalue weighted by atomic mass is 10.0. The van der Waals surface area contributed by atoms with E-state index < -0.39 is 0 Å². The summed E-state index contributed by atoms with van der Waals surface area (Å²) in [5, 5.41) is 3.98. The summed E-state index contributed by atoms with van der Waals surface area (Å²) in [5.41, 5.74) is 3.20. The van der Waals surface area contributed by atoms with Crippen molar-refractivity contribution in [2.24, 2.45) is 0 Å². The van der Waals surface area contributed by atoms with E-state index >= 15 is 0 Å². The van der Waals surface area contributed by atoms with Crippen molar-refractivity contribution in [1.29, 1.82) is 0 Å². The van der Waals surface area contributed by atoms with Gasteiger partial charge in [0.05, 0.1) is 12.6 Å². The zero-order valence-corrected chi connectivity index (χ0v) is 18.9. The van der Waals surface area contributed by atoms with E-state index in [0.29, 0.717) is 17.4 Å². The van der Waals surface area contributed by atoms with Gasteiger partial charge in [-0.1, -0.05) is 57.2 Å². The van der Waals surface area contributed by atoms with Gasteiger partial charge in [0.25, 0.3) is 0 Å². The molecule has 0 amide bonds. The second-order valence-corrected chi connectivity index (χ2v) is 6.82. The molecule has 3 rings (SSSR count). The van der Waals surface area contributed by atoms with Gasteiger partial charge < -0.3 is 10.1 Å². The Bertz CT molecular complexity index is 1100. The smallest absolute Gasteiger partial charge is 0.162 e. The number of rotatable bonds is 6. The van der Waals surface area contributed by atoms with Gasteiger partial charge >= 0.3 is 0 Å². The molecule has 3 aromatic rings. The maximum absolute atomic E-state index is 13.9. The van der Waals surface area contributed by atoms with Crippen LogP contribution in [0.1, 0.15) is 33.0 Å². The number of methoxy groups -OCH3 is 1. The molecule has 31 heavy (non-hydrogen) atoms. The molecular weight excluding hydrogens is 389 g/mol. The SMILES string of the molecule is C=C/C(=C\C=C/C)c1nc(NC)c2cc(-c3cc(F)cc(OC)c3)ccc2n1.CCC. The van der Waals surface area contributed by atoms with E-state index in [1.54, 1.807) is 12.1 Å². The highest BCUT2D eigenvalue weighted by Crippen LogP contribution is 2.31. The van der Waals surface area contributed by atoms with Crippen molar-refractivity contribution in [2.45, 2.75) is 27.2 Å². The summed E-state index contributed by atoms with van der Waals surface area (Å²) in [6.07, 6.45) is 8.75. The molecule has 0 bridgehead atoms. The standard InChI is InChI=1S/C23H22FN3O.C3H8/c1-5-7-8-15(6-2)22-26-21-10-9-16(13-20(21)23(25-3)27-22)17-11-18(24)14-19(12-17)28-4;1-3-2/h5-14H,2H2,1,3-4H3,(H,25,26,27);3H2,1-2H3/b7-5-,15-8+;. The number of nitrogens with one attached hydrogen (secondary N) is 1. The topological polar surface area (TPSA) is 47.0 Å². The molecule has 0 aliphatic rings. The lowest BCUT2D eigenvalue weighted by Gasteiger charge is -2.11.